The number of methoxy groups -OCH3 is 1. The summed E-state index contributed by atoms with van der Waals surface area (Å²) >= 11 is 0. The first-order valence-electron chi connectivity index (χ1n) is 5.23. The number of rotatable bonds is 6. The molecule has 0 unspecified atom stereocenters. The Balaban J connectivity index is 2.34. The van der Waals surface area contributed by atoms with E-state index in [2.05, 4.69) is 15.6 Å². The van der Waals surface area contributed by atoms with Crippen LogP contribution in [-0.4, -0.2) is 31.1 Å². The summed E-state index contributed by atoms with van der Waals surface area (Å²) in [5, 5.41) is 5.72. The predicted octanol–water partition coefficient (Wildman–Crippen LogP) is 0.316. The van der Waals surface area contributed by atoms with Crippen molar-refractivity contribution in [3.05, 3.63) is 23.9 Å². The number of nitrogens with one attached hydrogen (secondary N) is 2. The second kappa shape index (κ2) is 6.79. The number of aromatic nitrogens is 1. The SMILES string of the molecule is CCNC(=O)CNCc1cccc(OC)n1. The molecule has 0 aliphatic heterocycles. The highest BCUT2D eigenvalue weighted by atomic mass is 16.5. The fourth-order valence-corrected chi connectivity index (χ4v) is 1.23. The van der Waals surface area contributed by atoms with Crippen LogP contribution >= 0.6 is 0 Å². The van der Waals surface area contributed by atoms with Gasteiger partial charge in [-0.15, -0.1) is 0 Å². The van der Waals surface area contributed by atoms with Gasteiger partial charge in [-0.25, -0.2) is 4.98 Å². The van der Waals surface area contributed by atoms with Crippen LogP contribution in [0.1, 0.15) is 12.6 Å². The van der Waals surface area contributed by atoms with Crippen LogP contribution in [0.2, 0.25) is 0 Å². The third kappa shape index (κ3) is 4.27. The molecular formula is C11H17N3O2. The molecule has 5 nitrogen and oxygen atoms in total. The van der Waals surface area contributed by atoms with Gasteiger partial charge in [-0.1, -0.05) is 6.07 Å². The first kappa shape index (κ1) is 12.4. The number of ether oxygens (including phenoxy) is 1. The lowest BCUT2D eigenvalue weighted by atomic mass is 10.3. The van der Waals surface area contributed by atoms with E-state index in [9.17, 15) is 4.79 Å². The molecule has 0 aliphatic rings. The molecule has 0 saturated carbocycles. The van der Waals surface area contributed by atoms with Crippen molar-refractivity contribution in [1.29, 1.82) is 0 Å². The first-order valence-corrected chi connectivity index (χ1v) is 5.23. The molecule has 5 heteroatoms. The molecule has 1 aromatic rings. The summed E-state index contributed by atoms with van der Waals surface area (Å²) in [4.78, 5) is 15.4. The van der Waals surface area contributed by atoms with Crippen LogP contribution in [0.25, 0.3) is 0 Å². The lowest BCUT2D eigenvalue weighted by Crippen LogP contribution is -2.33. The molecule has 0 radical (unpaired) electrons. The van der Waals surface area contributed by atoms with Gasteiger partial charge in [0.1, 0.15) is 0 Å². The molecule has 2 N–H and O–H groups in total. The van der Waals surface area contributed by atoms with Crippen LogP contribution < -0.4 is 15.4 Å². The van der Waals surface area contributed by atoms with Crippen LogP contribution in [0, 0.1) is 0 Å². The Kier molecular flexibility index (Phi) is 5.28. The lowest BCUT2D eigenvalue weighted by Gasteiger charge is -2.05. The third-order valence-corrected chi connectivity index (χ3v) is 1.96. The van der Waals surface area contributed by atoms with E-state index in [1.54, 1.807) is 13.2 Å². The Labute approximate surface area is 95.2 Å². The van der Waals surface area contributed by atoms with E-state index in [1.807, 2.05) is 19.1 Å². The third-order valence-electron chi connectivity index (χ3n) is 1.96. The minimum Gasteiger partial charge on any atom is -0.481 e. The summed E-state index contributed by atoms with van der Waals surface area (Å²) in [5.74, 6) is 0.572. The van der Waals surface area contributed by atoms with Crippen molar-refractivity contribution in [2.75, 3.05) is 20.2 Å². The fourth-order valence-electron chi connectivity index (χ4n) is 1.23. The molecule has 0 saturated heterocycles. The Bertz CT molecular complexity index is 342. The van der Waals surface area contributed by atoms with Gasteiger partial charge in [-0.2, -0.15) is 0 Å². The largest absolute Gasteiger partial charge is 0.481 e. The van der Waals surface area contributed by atoms with E-state index in [0.29, 0.717) is 25.5 Å². The Hall–Kier alpha value is -1.62. The van der Waals surface area contributed by atoms with Crippen molar-refractivity contribution in [1.82, 2.24) is 15.6 Å². The molecule has 1 heterocycles. The van der Waals surface area contributed by atoms with Crippen LogP contribution in [0.4, 0.5) is 0 Å². The topological polar surface area (TPSA) is 63.2 Å². The van der Waals surface area contributed by atoms with Gasteiger partial charge in [0.25, 0.3) is 0 Å². The number of carbonyl (C=O) groups excluding carboxylic acids is 1. The molecular weight excluding hydrogens is 206 g/mol. The quantitative estimate of drug-likeness (QED) is 0.729. The van der Waals surface area contributed by atoms with E-state index in [0.717, 1.165) is 5.69 Å². The molecule has 1 amide bonds. The molecule has 0 bridgehead atoms. The maximum absolute atomic E-state index is 11.1. The molecule has 0 aliphatic carbocycles. The van der Waals surface area contributed by atoms with Crippen molar-refractivity contribution < 1.29 is 9.53 Å². The normalized spacial score (nSPS) is 9.88. The van der Waals surface area contributed by atoms with Gasteiger partial charge in [0, 0.05) is 19.2 Å². The number of pyridine rings is 1. The molecule has 0 atom stereocenters. The summed E-state index contributed by atoms with van der Waals surface area (Å²) < 4.78 is 5.00. The molecule has 1 aromatic heterocycles. The van der Waals surface area contributed by atoms with Crippen LogP contribution in [0.3, 0.4) is 0 Å². The maximum atomic E-state index is 11.1. The standard InChI is InChI=1S/C11H17N3O2/c1-3-13-10(15)8-12-7-9-5-4-6-11(14-9)16-2/h4-6,12H,3,7-8H2,1-2H3,(H,13,15). The van der Waals surface area contributed by atoms with E-state index >= 15 is 0 Å². The fraction of sp³-hybridized carbons (Fsp3) is 0.455. The summed E-state index contributed by atoms with van der Waals surface area (Å²) in [7, 11) is 1.58. The number of hydrogen-bond acceptors (Lipinski definition) is 4. The molecule has 0 spiro atoms. The minimum atomic E-state index is -0.00889. The first-order chi connectivity index (χ1) is 7.76. The van der Waals surface area contributed by atoms with Gasteiger partial charge in [0.15, 0.2) is 0 Å². The Morgan fingerprint density at radius 1 is 1.50 bits per heavy atom. The predicted molar refractivity (Wildman–Crippen MR) is 61.2 cm³/mol. The van der Waals surface area contributed by atoms with E-state index < -0.39 is 0 Å². The van der Waals surface area contributed by atoms with Crippen molar-refractivity contribution in [3.8, 4) is 5.88 Å². The average Bonchev–Trinajstić information content (AvgIpc) is 2.30. The van der Waals surface area contributed by atoms with Gasteiger partial charge in [0.05, 0.1) is 19.3 Å². The summed E-state index contributed by atoms with van der Waals surface area (Å²) in [5.41, 5.74) is 0.851. The van der Waals surface area contributed by atoms with Crippen LogP contribution in [0.5, 0.6) is 5.88 Å². The van der Waals surface area contributed by atoms with Crippen LogP contribution in [-0.2, 0) is 11.3 Å². The van der Waals surface area contributed by atoms with Crippen molar-refractivity contribution >= 4 is 5.91 Å². The summed E-state index contributed by atoms with van der Waals surface area (Å²) in [6.07, 6.45) is 0. The zero-order valence-corrected chi connectivity index (χ0v) is 9.62. The molecule has 0 fully saturated rings. The highest BCUT2D eigenvalue weighted by Gasteiger charge is 2.00. The highest BCUT2D eigenvalue weighted by molar-refractivity contribution is 5.77. The number of hydrogen-bond donors (Lipinski definition) is 2. The van der Waals surface area contributed by atoms with Gasteiger partial charge in [-0.05, 0) is 13.0 Å². The second-order valence-corrected chi connectivity index (χ2v) is 3.23. The van der Waals surface area contributed by atoms with Crippen molar-refractivity contribution in [3.63, 3.8) is 0 Å². The number of carbonyl (C=O) groups is 1. The number of amides is 1. The average molecular weight is 223 g/mol. The molecule has 88 valence electrons. The molecule has 0 aromatic carbocycles. The summed E-state index contributed by atoms with van der Waals surface area (Å²) in [6.45, 7) is 3.39. The zero-order chi connectivity index (χ0) is 11.8. The summed E-state index contributed by atoms with van der Waals surface area (Å²) in [6, 6.07) is 5.54. The van der Waals surface area contributed by atoms with Crippen molar-refractivity contribution in [2.24, 2.45) is 0 Å². The number of nitrogens with zero attached hydrogens (tertiary/aromatic N) is 1. The zero-order valence-electron chi connectivity index (χ0n) is 9.62. The molecule has 1 rings (SSSR count). The van der Waals surface area contributed by atoms with E-state index in [-0.39, 0.29) is 5.91 Å². The molecule has 16 heavy (non-hydrogen) atoms. The van der Waals surface area contributed by atoms with Gasteiger partial charge in [-0.3, -0.25) is 4.79 Å². The lowest BCUT2D eigenvalue weighted by molar-refractivity contribution is -0.120. The van der Waals surface area contributed by atoms with Crippen molar-refractivity contribution in [2.45, 2.75) is 13.5 Å². The smallest absolute Gasteiger partial charge is 0.233 e. The monoisotopic (exact) mass is 223 g/mol. The second-order valence-electron chi connectivity index (χ2n) is 3.23. The number of likely N-dealkylation sites (N-methyl/N-ethyl adjacent to an activating group) is 1. The van der Waals surface area contributed by atoms with Gasteiger partial charge in [0.2, 0.25) is 11.8 Å². The minimum absolute atomic E-state index is 0.00889. The van der Waals surface area contributed by atoms with E-state index in [4.69, 9.17) is 4.74 Å². The maximum Gasteiger partial charge on any atom is 0.233 e. The van der Waals surface area contributed by atoms with Gasteiger partial charge >= 0.3 is 0 Å². The Morgan fingerprint density at radius 2 is 2.31 bits per heavy atom. The Morgan fingerprint density at radius 3 is 3.00 bits per heavy atom. The highest BCUT2D eigenvalue weighted by Crippen LogP contribution is 2.05. The van der Waals surface area contributed by atoms with E-state index in [1.165, 1.54) is 0 Å². The van der Waals surface area contributed by atoms with Crippen LogP contribution in [0.15, 0.2) is 18.2 Å². The van der Waals surface area contributed by atoms with Gasteiger partial charge < -0.3 is 15.4 Å².